The fraction of sp³-hybridized carbons (Fsp3) is 0.444. The molecule has 0 aliphatic carbocycles. The van der Waals surface area contributed by atoms with E-state index in [0.29, 0.717) is 11.6 Å². The van der Waals surface area contributed by atoms with Gasteiger partial charge in [0.2, 0.25) is 0 Å². The summed E-state index contributed by atoms with van der Waals surface area (Å²) in [5.74, 6) is 0.889. The summed E-state index contributed by atoms with van der Waals surface area (Å²) >= 11 is 6.24. The summed E-state index contributed by atoms with van der Waals surface area (Å²) in [6.07, 6.45) is 1.88. The predicted octanol–water partition coefficient (Wildman–Crippen LogP) is 3.18. The van der Waals surface area contributed by atoms with Gasteiger partial charge in [0.1, 0.15) is 0 Å². The van der Waals surface area contributed by atoms with Crippen molar-refractivity contribution in [2.24, 2.45) is 0 Å². The molecule has 3 heterocycles. The van der Waals surface area contributed by atoms with Gasteiger partial charge in [-0.25, -0.2) is 0 Å². The Morgan fingerprint density at radius 3 is 2.58 bits per heavy atom. The van der Waals surface area contributed by atoms with E-state index in [2.05, 4.69) is 15.1 Å². The molecule has 2 aliphatic heterocycles. The van der Waals surface area contributed by atoms with Gasteiger partial charge < -0.3 is 14.4 Å². The molecule has 2 aliphatic rings. The minimum Gasteiger partial charge on any atom is -0.381 e. The number of halogens is 1. The highest BCUT2D eigenvalue weighted by Crippen LogP contribution is 2.31. The fourth-order valence-corrected chi connectivity index (χ4v) is 3.63. The van der Waals surface area contributed by atoms with E-state index in [0.717, 1.165) is 56.2 Å². The molecule has 24 heavy (non-hydrogen) atoms. The molecule has 1 aromatic heterocycles. The quantitative estimate of drug-likeness (QED) is 0.836. The topological polar surface area (TPSA) is 47.5 Å². The molecule has 126 valence electrons. The molecule has 2 saturated heterocycles. The third-order valence-electron chi connectivity index (χ3n) is 4.78. The van der Waals surface area contributed by atoms with Crippen LogP contribution >= 0.6 is 11.6 Å². The van der Waals surface area contributed by atoms with E-state index in [4.69, 9.17) is 21.1 Å². The van der Waals surface area contributed by atoms with Gasteiger partial charge in [-0.1, -0.05) is 29.8 Å². The Bertz CT molecular complexity index is 696. The second-order valence-corrected chi connectivity index (χ2v) is 6.73. The van der Waals surface area contributed by atoms with Crippen molar-refractivity contribution < 1.29 is 9.47 Å². The molecule has 2 aromatic rings. The average Bonchev–Trinajstić information content (AvgIpc) is 2.63. The Labute approximate surface area is 146 Å². The van der Waals surface area contributed by atoms with Gasteiger partial charge >= 0.3 is 0 Å². The monoisotopic (exact) mass is 345 g/mol. The highest BCUT2D eigenvalue weighted by atomic mass is 35.5. The van der Waals surface area contributed by atoms with Gasteiger partial charge in [0.05, 0.1) is 22.9 Å². The van der Waals surface area contributed by atoms with Gasteiger partial charge in [-0.3, -0.25) is 0 Å². The molecule has 0 amide bonds. The van der Waals surface area contributed by atoms with E-state index in [-0.39, 0.29) is 5.60 Å². The summed E-state index contributed by atoms with van der Waals surface area (Å²) < 4.78 is 11.6. The van der Waals surface area contributed by atoms with Crippen LogP contribution in [0.2, 0.25) is 5.02 Å². The van der Waals surface area contributed by atoms with Gasteiger partial charge in [0.15, 0.2) is 5.82 Å². The van der Waals surface area contributed by atoms with E-state index >= 15 is 0 Å². The van der Waals surface area contributed by atoms with Crippen LogP contribution in [0.5, 0.6) is 0 Å². The average molecular weight is 346 g/mol. The van der Waals surface area contributed by atoms with Crippen LogP contribution in [0.15, 0.2) is 36.4 Å². The number of rotatable bonds is 2. The maximum Gasteiger partial charge on any atom is 0.151 e. The summed E-state index contributed by atoms with van der Waals surface area (Å²) in [7, 11) is 0. The zero-order chi connectivity index (χ0) is 16.4. The Kier molecular flexibility index (Phi) is 4.39. The van der Waals surface area contributed by atoms with Crippen molar-refractivity contribution in [1.29, 1.82) is 0 Å². The first-order valence-electron chi connectivity index (χ1n) is 8.31. The Morgan fingerprint density at radius 1 is 1.00 bits per heavy atom. The van der Waals surface area contributed by atoms with E-state index in [1.165, 1.54) is 0 Å². The van der Waals surface area contributed by atoms with Crippen LogP contribution in [0.4, 0.5) is 5.82 Å². The van der Waals surface area contributed by atoms with Crippen LogP contribution < -0.4 is 4.90 Å². The zero-order valence-corrected chi connectivity index (χ0v) is 14.2. The van der Waals surface area contributed by atoms with E-state index in [9.17, 15) is 0 Å². The lowest BCUT2D eigenvalue weighted by Gasteiger charge is -2.45. The molecule has 6 heteroatoms. The lowest BCUT2D eigenvalue weighted by Crippen LogP contribution is -2.54. The molecule has 0 unspecified atom stereocenters. The first-order valence-corrected chi connectivity index (χ1v) is 8.69. The van der Waals surface area contributed by atoms with Crippen LogP contribution in [-0.2, 0) is 9.47 Å². The normalized spacial score (nSPS) is 20.3. The smallest absolute Gasteiger partial charge is 0.151 e. The summed E-state index contributed by atoms with van der Waals surface area (Å²) in [5, 5.41) is 9.49. The predicted molar refractivity (Wildman–Crippen MR) is 93.4 cm³/mol. The minimum atomic E-state index is -0.0976. The van der Waals surface area contributed by atoms with Crippen molar-refractivity contribution in [3.05, 3.63) is 41.4 Å². The Balaban J connectivity index is 1.53. The third kappa shape index (κ3) is 3.11. The highest BCUT2D eigenvalue weighted by molar-refractivity contribution is 6.33. The number of aromatic nitrogens is 2. The maximum atomic E-state index is 6.24. The Morgan fingerprint density at radius 2 is 1.83 bits per heavy atom. The number of hydrogen-bond donors (Lipinski definition) is 0. The summed E-state index contributed by atoms with van der Waals surface area (Å²) in [5.41, 5.74) is 1.60. The van der Waals surface area contributed by atoms with Crippen molar-refractivity contribution >= 4 is 17.4 Å². The van der Waals surface area contributed by atoms with Crippen molar-refractivity contribution in [3.8, 4) is 11.3 Å². The number of benzene rings is 1. The minimum absolute atomic E-state index is 0.0976. The molecule has 1 aromatic carbocycles. The largest absolute Gasteiger partial charge is 0.381 e. The lowest BCUT2D eigenvalue weighted by atomic mass is 9.92. The van der Waals surface area contributed by atoms with Gasteiger partial charge in [0, 0.05) is 44.7 Å². The second-order valence-electron chi connectivity index (χ2n) is 6.32. The SMILES string of the molecule is Clc1ccccc1-c1ccc(N2CCOC3(CCOCC3)C2)nn1. The maximum absolute atomic E-state index is 6.24. The molecule has 4 rings (SSSR count). The standard InChI is InChI=1S/C18H20ClN3O2/c19-15-4-2-1-3-14(15)16-5-6-17(21-20-16)22-9-12-24-18(13-22)7-10-23-11-8-18/h1-6H,7-13H2. The molecular weight excluding hydrogens is 326 g/mol. The summed E-state index contributed by atoms with van der Waals surface area (Å²) in [4.78, 5) is 2.26. The highest BCUT2D eigenvalue weighted by Gasteiger charge is 2.38. The summed E-state index contributed by atoms with van der Waals surface area (Å²) in [6, 6.07) is 11.7. The van der Waals surface area contributed by atoms with E-state index in [1.807, 2.05) is 36.4 Å². The number of morpholine rings is 1. The molecule has 0 atom stereocenters. The van der Waals surface area contributed by atoms with Gasteiger partial charge in [-0.05, 0) is 18.2 Å². The molecule has 2 fully saturated rings. The lowest BCUT2D eigenvalue weighted by molar-refractivity contribution is -0.116. The molecular formula is C18H20ClN3O2. The fourth-order valence-electron chi connectivity index (χ4n) is 3.39. The summed E-state index contributed by atoms with van der Waals surface area (Å²) in [6.45, 7) is 3.93. The van der Waals surface area contributed by atoms with Crippen molar-refractivity contribution in [2.45, 2.75) is 18.4 Å². The van der Waals surface area contributed by atoms with Gasteiger partial charge in [0.25, 0.3) is 0 Å². The molecule has 0 N–H and O–H groups in total. The zero-order valence-electron chi connectivity index (χ0n) is 13.4. The van der Waals surface area contributed by atoms with Crippen molar-refractivity contribution in [3.63, 3.8) is 0 Å². The number of anilines is 1. The molecule has 0 saturated carbocycles. The van der Waals surface area contributed by atoms with Crippen LogP contribution in [0.25, 0.3) is 11.3 Å². The van der Waals surface area contributed by atoms with Crippen molar-refractivity contribution in [1.82, 2.24) is 10.2 Å². The van der Waals surface area contributed by atoms with Gasteiger partial charge in [-0.15, -0.1) is 10.2 Å². The molecule has 0 bridgehead atoms. The number of ether oxygens (including phenoxy) is 2. The number of nitrogens with zero attached hydrogens (tertiary/aromatic N) is 3. The number of hydrogen-bond acceptors (Lipinski definition) is 5. The van der Waals surface area contributed by atoms with Crippen LogP contribution in [0.3, 0.4) is 0 Å². The molecule has 0 radical (unpaired) electrons. The second kappa shape index (κ2) is 6.67. The molecule has 1 spiro atoms. The van der Waals surface area contributed by atoms with Crippen LogP contribution in [0, 0.1) is 0 Å². The first-order chi connectivity index (χ1) is 11.8. The van der Waals surface area contributed by atoms with Crippen molar-refractivity contribution in [2.75, 3.05) is 37.8 Å². The van der Waals surface area contributed by atoms with Crippen LogP contribution in [0.1, 0.15) is 12.8 Å². The molecule has 5 nitrogen and oxygen atoms in total. The van der Waals surface area contributed by atoms with Crippen LogP contribution in [-0.4, -0.2) is 48.7 Å². The first kappa shape index (κ1) is 15.8. The van der Waals surface area contributed by atoms with Gasteiger partial charge in [-0.2, -0.15) is 0 Å². The Hall–Kier alpha value is -1.69. The third-order valence-corrected chi connectivity index (χ3v) is 5.11. The van der Waals surface area contributed by atoms with E-state index in [1.54, 1.807) is 0 Å². The van der Waals surface area contributed by atoms with E-state index < -0.39 is 0 Å².